The second kappa shape index (κ2) is 7.77. The van der Waals surface area contributed by atoms with Gasteiger partial charge in [-0.2, -0.15) is 0 Å². The second-order valence-corrected chi connectivity index (χ2v) is 7.06. The van der Waals surface area contributed by atoms with Crippen LogP contribution in [-0.4, -0.2) is 53.2 Å². The number of pyridine rings is 1. The van der Waals surface area contributed by atoms with Crippen molar-refractivity contribution >= 4 is 45.9 Å². The van der Waals surface area contributed by atoms with E-state index in [1.165, 1.54) is 0 Å². The number of halogens is 2. The molecule has 1 aromatic carbocycles. The Morgan fingerprint density at radius 3 is 2.60 bits per heavy atom. The lowest BCUT2D eigenvalue weighted by Crippen LogP contribution is -2.46. The maximum absolute atomic E-state index is 11.0. The molecule has 5 nitrogen and oxygen atoms in total. The van der Waals surface area contributed by atoms with Crippen molar-refractivity contribution in [3.63, 3.8) is 0 Å². The van der Waals surface area contributed by atoms with E-state index in [0.29, 0.717) is 16.1 Å². The molecular formula is C18H21Cl2N3O2. The van der Waals surface area contributed by atoms with Crippen molar-refractivity contribution in [2.75, 3.05) is 31.1 Å². The maximum atomic E-state index is 11.0. The molecule has 3 rings (SSSR count). The molecule has 0 atom stereocenters. The monoisotopic (exact) mass is 381 g/mol. The van der Waals surface area contributed by atoms with Gasteiger partial charge in [-0.3, -0.25) is 9.69 Å². The fourth-order valence-electron chi connectivity index (χ4n) is 3.43. The van der Waals surface area contributed by atoms with Crippen molar-refractivity contribution in [2.45, 2.75) is 25.8 Å². The summed E-state index contributed by atoms with van der Waals surface area (Å²) in [5.41, 5.74) is 0.717. The van der Waals surface area contributed by atoms with Crippen molar-refractivity contribution in [3.8, 4) is 0 Å². The highest BCUT2D eigenvalue weighted by molar-refractivity contribution is 6.45. The third-order valence-corrected chi connectivity index (χ3v) is 5.58. The fraction of sp³-hybridized carbons (Fsp3) is 0.444. The van der Waals surface area contributed by atoms with Gasteiger partial charge in [-0.25, -0.2) is 4.98 Å². The molecule has 1 aromatic heterocycles. The number of nitrogens with zero attached hydrogens (tertiary/aromatic N) is 3. The number of rotatable bonds is 5. The lowest BCUT2D eigenvalue weighted by molar-refractivity contribution is -0.139. The molecule has 1 saturated heterocycles. The van der Waals surface area contributed by atoms with Crippen LogP contribution in [-0.2, 0) is 4.79 Å². The molecule has 1 aliphatic heterocycles. The number of likely N-dealkylation sites (N-methyl/N-ethyl adjacent to an activating group) is 1. The highest BCUT2D eigenvalue weighted by Crippen LogP contribution is 2.31. The zero-order chi connectivity index (χ0) is 18.0. The molecule has 7 heteroatoms. The van der Waals surface area contributed by atoms with E-state index in [-0.39, 0.29) is 6.54 Å². The number of aromatic nitrogens is 1. The number of anilines is 1. The highest BCUT2D eigenvalue weighted by atomic mass is 35.5. The Morgan fingerprint density at radius 2 is 1.96 bits per heavy atom. The number of hydrogen-bond donors (Lipinski definition) is 1. The van der Waals surface area contributed by atoms with Crippen LogP contribution in [0, 0.1) is 0 Å². The van der Waals surface area contributed by atoms with Gasteiger partial charge in [0.25, 0.3) is 0 Å². The molecule has 1 fully saturated rings. The topological polar surface area (TPSA) is 56.7 Å². The first-order valence-electron chi connectivity index (χ1n) is 8.45. The van der Waals surface area contributed by atoms with Crippen LogP contribution in [0.4, 0.5) is 5.82 Å². The van der Waals surface area contributed by atoms with Gasteiger partial charge in [-0.1, -0.05) is 36.2 Å². The van der Waals surface area contributed by atoms with Gasteiger partial charge in [-0.05, 0) is 37.6 Å². The predicted octanol–water partition coefficient (Wildman–Crippen LogP) is 3.92. The molecule has 0 bridgehead atoms. The van der Waals surface area contributed by atoms with Gasteiger partial charge in [0.05, 0.1) is 22.1 Å². The summed E-state index contributed by atoms with van der Waals surface area (Å²) in [6.45, 7) is 4.55. The number of hydrogen-bond acceptors (Lipinski definition) is 4. The van der Waals surface area contributed by atoms with Gasteiger partial charge < -0.3 is 10.0 Å². The molecule has 0 unspecified atom stereocenters. The summed E-state index contributed by atoms with van der Waals surface area (Å²) >= 11 is 12.4. The van der Waals surface area contributed by atoms with Crippen LogP contribution < -0.4 is 4.90 Å². The van der Waals surface area contributed by atoms with Gasteiger partial charge >= 0.3 is 5.97 Å². The standard InChI is InChI=1S/C18H21Cl2N3O2/c1-2-22(11-16(24)25)13-7-9-23(10-8-13)15-6-4-12-3-5-14(19)17(20)18(12)21-15/h3-6,13H,2,7-11H2,1H3,(H,24,25). The summed E-state index contributed by atoms with van der Waals surface area (Å²) in [4.78, 5) is 20.0. The number of aliphatic carboxylic acids is 1. The molecule has 2 heterocycles. The first-order valence-corrected chi connectivity index (χ1v) is 9.20. The predicted molar refractivity (Wildman–Crippen MR) is 102 cm³/mol. The Hall–Kier alpha value is -1.56. The number of carboxylic acids is 1. The summed E-state index contributed by atoms with van der Waals surface area (Å²) < 4.78 is 0. The lowest BCUT2D eigenvalue weighted by Gasteiger charge is -2.38. The van der Waals surface area contributed by atoms with E-state index >= 15 is 0 Å². The zero-order valence-electron chi connectivity index (χ0n) is 14.1. The van der Waals surface area contributed by atoms with Crippen LogP contribution in [0.15, 0.2) is 24.3 Å². The van der Waals surface area contributed by atoms with E-state index in [9.17, 15) is 4.79 Å². The first-order chi connectivity index (χ1) is 12.0. The van der Waals surface area contributed by atoms with Gasteiger partial charge in [0.1, 0.15) is 5.82 Å². The number of piperidine rings is 1. The summed E-state index contributed by atoms with van der Waals surface area (Å²) in [6.07, 6.45) is 1.84. The van der Waals surface area contributed by atoms with Crippen molar-refractivity contribution in [2.24, 2.45) is 0 Å². The molecule has 1 N–H and O–H groups in total. The van der Waals surface area contributed by atoms with Crippen LogP contribution in [0.1, 0.15) is 19.8 Å². The summed E-state index contributed by atoms with van der Waals surface area (Å²) in [7, 11) is 0. The van der Waals surface area contributed by atoms with E-state index in [1.807, 2.05) is 30.0 Å². The minimum atomic E-state index is -0.771. The van der Waals surface area contributed by atoms with Gasteiger partial charge in [0, 0.05) is 24.5 Å². The second-order valence-electron chi connectivity index (χ2n) is 6.28. The molecule has 25 heavy (non-hydrogen) atoms. The first kappa shape index (κ1) is 18.2. The lowest BCUT2D eigenvalue weighted by atomic mass is 10.0. The third kappa shape index (κ3) is 4.00. The zero-order valence-corrected chi connectivity index (χ0v) is 15.6. The number of carboxylic acid groups (broad SMARTS) is 1. The molecule has 134 valence electrons. The van der Waals surface area contributed by atoms with Crippen LogP contribution in [0.2, 0.25) is 10.0 Å². The average molecular weight is 382 g/mol. The van der Waals surface area contributed by atoms with Gasteiger partial charge in [0.15, 0.2) is 0 Å². The quantitative estimate of drug-likeness (QED) is 0.850. The Labute approximate surface area is 157 Å². The molecule has 1 aliphatic rings. The van der Waals surface area contributed by atoms with Crippen LogP contribution in [0.25, 0.3) is 10.9 Å². The molecule has 0 amide bonds. The fourth-order valence-corrected chi connectivity index (χ4v) is 3.80. The highest BCUT2D eigenvalue weighted by Gasteiger charge is 2.25. The Kier molecular flexibility index (Phi) is 5.67. The largest absolute Gasteiger partial charge is 0.480 e. The van der Waals surface area contributed by atoms with E-state index in [4.69, 9.17) is 33.3 Å². The Balaban J connectivity index is 1.73. The minimum Gasteiger partial charge on any atom is -0.480 e. The van der Waals surface area contributed by atoms with Crippen molar-refractivity contribution in [1.29, 1.82) is 0 Å². The number of fused-ring (bicyclic) bond motifs is 1. The minimum absolute atomic E-state index is 0.101. The molecule has 2 aromatic rings. The van der Waals surface area contributed by atoms with E-state index in [1.54, 1.807) is 6.07 Å². The molecule has 0 radical (unpaired) electrons. The van der Waals surface area contributed by atoms with E-state index in [0.717, 1.165) is 49.2 Å². The molecule has 0 spiro atoms. The Morgan fingerprint density at radius 1 is 1.28 bits per heavy atom. The maximum Gasteiger partial charge on any atom is 0.317 e. The molecular weight excluding hydrogens is 361 g/mol. The number of carbonyl (C=O) groups is 1. The molecule has 0 aliphatic carbocycles. The summed E-state index contributed by atoms with van der Waals surface area (Å²) in [6, 6.07) is 8.00. The van der Waals surface area contributed by atoms with Crippen LogP contribution in [0.3, 0.4) is 0 Å². The van der Waals surface area contributed by atoms with E-state index < -0.39 is 5.97 Å². The van der Waals surface area contributed by atoms with Crippen molar-refractivity contribution in [1.82, 2.24) is 9.88 Å². The van der Waals surface area contributed by atoms with Crippen LogP contribution in [0.5, 0.6) is 0 Å². The van der Waals surface area contributed by atoms with Crippen LogP contribution >= 0.6 is 23.2 Å². The average Bonchev–Trinajstić information content (AvgIpc) is 2.62. The Bertz CT molecular complexity index is 776. The van der Waals surface area contributed by atoms with Gasteiger partial charge in [0.2, 0.25) is 0 Å². The summed E-state index contributed by atoms with van der Waals surface area (Å²) in [5.74, 6) is 0.114. The van der Waals surface area contributed by atoms with E-state index in [2.05, 4.69) is 4.90 Å². The SMILES string of the molecule is CCN(CC(=O)O)C1CCN(c2ccc3ccc(Cl)c(Cl)c3n2)CC1. The van der Waals surface area contributed by atoms with Gasteiger partial charge in [-0.15, -0.1) is 0 Å². The summed E-state index contributed by atoms with van der Waals surface area (Å²) in [5, 5.41) is 11.0. The molecule has 0 saturated carbocycles. The van der Waals surface area contributed by atoms with Crippen molar-refractivity contribution in [3.05, 3.63) is 34.3 Å². The third-order valence-electron chi connectivity index (χ3n) is 4.79. The van der Waals surface area contributed by atoms with Crippen molar-refractivity contribution < 1.29 is 9.90 Å². The normalized spacial score (nSPS) is 15.9. The number of benzene rings is 1. The smallest absolute Gasteiger partial charge is 0.317 e.